The topological polar surface area (TPSA) is 62.7 Å². The van der Waals surface area contributed by atoms with Crippen LogP contribution in [0.1, 0.15) is 22.5 Å². The van der Waals surface area contributed by atoms with Gasteiger partial charge in [0.1, 0.15) is 4.88 Å². The van der Waals surface area contributed by atoms with E-state index in [2.05, 4.69) is 4.98 Å². The highest BCUT2D eigenvalue weighted by atomic mass is 35.5. The summed E-state index contributed by atoms with van der Waals surface area (Å²) in [7, 11) is 1.83. The molecule has 0 atom stereocenters. The lowest BCUT2D eigenvalue weighted by Crippen LogP contribution is -2.45. The first-order valence-electron chi connectivity index (χ1n) is 5.67. The molecule has 2 heterocycles. The third-order valence-electron chi connectivity index (χ3n) is 2.99. The molecule has 0 aliphatic carbocycles. The molecular formula is C11H15ClN2O3S. The van der Waals surface area contributed by atoms with Gasteiger partial charge in [-0.1, -0.05) is 22.9 Å². The van der Waals surface area contributed by atoms with Crippen molar-refractivity contribution in [1.82, 2.24) is 4.98 Å². The second-order valence-corrected chi connectivity index (χ2v) is 5.83. The van der Waals surface area contributed by atoms with Gasteiger partial charge in [-0.2, -0.15) is 0 Å². The van der Waals surface area contributed by atoms with Gasteiger partial charge in [-0.15, -0.1) is 0 Å². The first kappa shape index (κ1) is 13.7. The highest BCUT2D eigenvalue weighted by molar-refractivity contribution is 7.17. The summed E-state index contributed by atoms with van der Waals surface area (Å²) in [6.45, 7) is 1.60. The molecule has 0 spiro atoms. The van der Waals surface area contributed by atoms with Crippen LogP contribution in [0.25, 0.3) is 0 Å². The minimum Gasteiger partial charge on any atom is -0.388 e. The number of halogens is 1. The molecular weight excluding hydrogens is 276 g/mol. The standard InChI is InChI=1S/C11H15ClN2O3S/c1-14(7-11(16)2-4-17-5-3-11)10-13-9(12)8(6-15)18-10/h6,16H,2-5,7H2,1H3. The second-order valence-electron chi connectivity index (χ2n) is 4.46. The summed E-state index contributed by atoms with van der Waals surface area (Å²) in [5.74, 6) is 0. The highest BCUT2D eigenvalue weighted by Crippen LogP contribution is 2.30. The van der Waals surface area contributed by atoms with Crippen molar-refractivity contribution in [2.75, 3.05) is 31.7 Å². The minimum atomic E-state index is -0.757. The Kier molecular flexibility index (Phi) is 4.21. The zero-order valence-corrected chi connectivity index (χ0v) is 11.6. The number of anilines is 1. The van der Waals surface area contributed by atoms with Crippen LogP contribution in [0.5, 0.6) is 0 Å². The smallest absolute Gasteiger partial charge is 0.187 e. The first-order valence-corrected chi connectivity index (χ1v) is 6.86. The average Bonchev–Trinajstić information content (AvgIpc) is 2.71. The Hall–Kier alpha value is -0.690. The number of carbonyl (C=O) groups is 1. The van der Waals surface area contributed by atoms with Crippen molar-refractivity contribution in [2.45, 2.75) is 18.4 Å². The Balaban J connectivity index is 2.06. The molecule has 0 aromatic carbocycles. The molecule has 1 saturated heterocycles. The van der Waals surface area contributed by atoms with E-state index >= 15 is 0 Å². The van der Waals surface area contributed by atoms with Gasteiger partial charge in [-0.3, -0.25) is 4.79 Å². The molecule has 2 rings (SSSR count). The van der Waals surface area contributed by atoms with Crippen LogP contribution in [0.4, 0.5) is 5.13 Å². The van der Waals surface area contributed by atoms with Crippen molar-refractivity contribution in [1.29, 1.82) is 0 Å². The SMILES string of the molecule is CN(CC1(O)CCOCC1)c1nc(Cl)c(C=O)s1. The van der Waals surface area contributed by atoms with E-state index in [9.17, 15) is 9.90 Å². The van der Waals surface area contributed by atoms with Gasteiger partial charge in [0.05, 0.1) is 5.60 Å². The quantitative estimate of drug-likeness (QED) is 0.853. The number of hydrogen-bond donors (Lipinski definition) is 1. The number of carbonyl (C=O) groups excluding carboxylic acids is 1. The van der Waals surface area contributed by atoms with Crippen LogP contribution in [-0.2, 0) is 4.74 Å². The molecule has 1 aliphatic heterocycles. The summed E-state index contributed by atoms with van der Waals surface area (Å²) in [4.78, 5) is 17.1. The van der Waals surface area contributed by atoms with Gasteiger partial charge in [-0.05, 0) is 0 Å². The molecule has 0 radical (unpaired) electrons. The summed E-state index contributed by atoms with van der Waals surface area (Å²) in [5.41, 5.74) is -0.757. The van der Waals surface area contributed by atoms with Crippen LogP contribution in [0.2, 0.25) is 5.15 Å². The van der Waals surface area contributed by atoms with Gasteiger partial charge in [0.15, 0.2) is 16.6 Å². The molecule has 0 unspecified atom stereocenters. The number of aromatic nitrogens is 1. The molecule has 0 amide bonds. The zero-order valence-electron chi connectivity index (χ0n) is 10.1. The van der Waals surface area contributed by atoms with Crippen molar-refractivity contribution < 1.29 is 14.6 Å². The number of hydrogen-bond acceptors (Lipinski definition) is 6. The number of thiazole rings is 1. The molecule has 1 aromatic heterocycles. The summed E-state index contributed by atoms with van der Waals surface area (Å²) in [6.07, 6.45) is 1.91. The maximum atomic E-state index is 10.7. The predicted octanol–water partition coefficient (Wildman–Crippen LogP) is 1.59. The van der Waals surface area contributed by atoms with E-state index in [1.807, 2.05) is 11.9 Å². The molecule has 100 valence electrons. The van der Waals surface area contributed by atoms with E-state index < -0.39 is 5.60 Å². The van der Waals surface area contributed by atoms with Crippen molar-refractivity contribution in [3.63, 3.8) is 0 Å². The molecule has 7 heteroatoms. The Morgan fingerprint density at radius 3 is 2.83 bits per heavy atom. The Labute approximate surface area is 114 Å². The van der Waals surface area contributed by atoms with Gasteiger partial charge in [0.25, 0.3) is 0 Å². The van der Waals surface area contributed by atoms with E-state index in [-0.39, 0.29) is 5.15 Å². The number of rotatable bonds is 4. The van der Waals surface area contributed by atoms with E-state index in [1.54, 1.807) is 0 Å². The molecule has 1 aromatic rings. The van der Waals surface area contributed by atoms with Gasteiger partial charge in [-0.25, -0.2) is 4.98 Å². The van der Waals surface area contributed by atoms with Crippen molar-refractivity contribution in [3.05, 3.63) is 10.0 Å². The molecule has 1 aliphatic rings. The first-order chi connectivity index (χ1) is 8.54. The molecule has 5 nitrogen and oxygen atoms in total. The lowest BCUT2D eigenvalue weighted by molar-refractivity contribution is -0.0572. The summed E-state index contributed by atoms with van der Waals surface area (Å²) >= 11 is 7.05. The van der Waals surface area contributed by atoms with Gasteiger partial charge < -0.3 is 14.7 Å². The summed E-state index contributed by atoms with van der Waals surface area (Å²) < 4.78 is 5.23. The monoisotopic (exact) mass is 290 g/mol. The molecule has 0 saturated carbocycles. The number of nitrogens with zero attached hydrogens (tertiary/aromatic N) is 2. The third-order valence-corrected chi connectivity index (χ3v) is 4.48. The lowest BCUT2D eigenvalue weighted by Gasteiger charge is -2.35. The summed E-state index contributed by atoms with van der Waals surface area (Å²) in [5, 5.41) is 11.2. The highest BCUT2D eigenvalue weighted by Gasteiger charge is 2.32. The van der Waals surface area contributed by atoms with Crippen LogP contribution in [0.15, 0.2) is 0 Å². The number of likely N-dealkylation sites (N-methyl/N-ethyl adjacent to an activating group) is 1. The van der Waals surface area contributed by atoms with Crippen molar-refractivity contribution in [2.24, 2.45) is 0 Å². The van der Waals surface area contributed by atoms with Gasteiger partial charge in [0.2, 0.25) is 0 Å². The van der Waals surface area contributed by atoms with E-state index in [1.165, 1.54) is 11.3 Å². The number of aldehydes is 1. The van der Waals surface area contributed by atoms with Crippen LogP contribution >= 0.6 is 22.9 Å². The van der Waals surface area contributed by atoms with E-state index in [0.717, 1.165) is 0 Å². The third kappa shape index (κ3) is 3.00. The zero-order chi connectivity index (χ0) is 13.2. The lowest BCUT2D eigenvalue weighted by atomic mass is 9.94. The average molecular weight is 291 g/mol. The van der Waals surface area contributed by atoms with Crippen LogP contribution in [0, 0.1) is 0 Å². The normalized spacial score (nSPS) is 18.6. The maximum Gasteiger partial charge on any atom is 0.187 e. The number of aliphatic hydroxyl groups is 1. The molecule has 1 N–H and O–H groups in total. The molecule has 0 bridgehead atoms. The van der Waals surface area contributed by atoms with Crippen molar-refractivity contribution >= 4 is 34.4 Å². The predicted molar refractivity (Wildman–Crippen MR) is 70.8 cm³/mol. The Morgan fingerprint density at radius 1 is 1.61 bits per heavy atom. The van der Waals surface area contributed by atoms with Crippen molar-refractivity contribution in [3.8, 4) is 0 Å². The Morgan fingerprint density at radius 2 is 2.28 bits per heavy atom. The summed E-state index contributed by atoms with van der Waals surface area (Å²) in [6, 6.07) is 0. The number of ether oxygens (including phenoxy) is 1. The second kappa shape index (κ2) is 5.52. The fourth-order valence-corrected chi connectivity index (χ4v) is 2.98. The molecule has 1 fully saturated rings. The fourth-order valence-electron chi connectivity index (χ4n) is 1.96. The van der Waals surface area contributed by atoms with Gasteiger partial charge >= 0.3 is 0 Å². The minimum absolute atomic E-state index is 0.218. The van der Waals surface area contributed by atoms with Crippen LogP contribution < -0.4 is 4.90 Å². The van der Waals surface area contributed by atoms with Crippen LogP contribution in [-0.4, -0.2) is 48.8 Å². The largest absolute Gasteiger partial charge is 0.388 e. The molecule has 18 heavy (non-hydrogen) atoms. The van der Waals surface area contributed by atoms with Gasteiger partial charge in [0, 0.05) is 39.6 Å². The van der Waals surface area contributed by atoms with E-state index in [4.69, 9.17) is 16.3 Å². The fraction of sp³-hybridized carbons (Fsp3) is 0.636. The Bertz CT molecular complexity index is 432. The maximum absolute atomic E-state index is 10.7. The van der Waals surface area contributed by atoms with Crippen LogP contribution in [0.3, 0.4) is 0 Å². The van der Waals surface area contributed by atoms with E-state index in [0.29, 0.717) is 48.9 Å².